The number of aryl methyl sites for hydroxylation is 1. The summed E-state index contributed by atoms with van der Waals surface area (Å²) < 4.78 is 10.4. The normalized spacial score (nSPS) is 10.1. The molecule has 0 bridgehead atoms. The van der Waals surface area contributed by atoms with Crippen LogP contribution in [0.2, 0.25) is 0 Å². The molecule has 0 aromatic heterocycles. The first kappa shape index (κ1) is 13.3. The summed E-state index contributed by atoms with van der Waals surface area (Å²) in [4.78, 5) is 2.15. The van der Waals surface area contributed by atoms with Gasteiger partial charge in [-0.15, -0.1) is 0 Å². The molecule has 100 valence electrons. The second kappa shape index (κ2) is 5.65. The molecule has 19 heavy (non-hydrogen) atoms. The van der Waals surface area contributed by atoms with Gasteiger partial charge in [0.1, 0.15) is 11.5 Å². The van der Waals surface area contributed by atoms with Gasteiger partial charge in [-0.1, -0.05) is 0 Å². The van der Waals surface area contributed by atoms with Gasteiger partial charge in [-0.2, -0.15) is 0 Å². The molecular formula is C16H19NO2. The largest absolute Gasteiger partial charge is 0.497 e. The topological polar surface area (TPSA) is 21.7 Å². The molecule has 2 aromatic rings. The van der Waals surface area contributed by atoms with Crippen molar-refractivity contribution >= 4 is 11.4 Å². The summed E-state index contributed by atoms with van der Waals surface area (Å²) in [6.07, 6.45) is 0. The van der Waals surface area contributed by atoms with Gasteiger partial charge in [0.05, 0.1) is 14.2 Å². The Labute approximate surface area is 114 Å². The molecule has 0 saturated heterocycles. The number of nitrogens with zero attached hydrogens (tertiary/aromatic N) is 1. The number of hydrogen-bond donors (Lipinski definition) is 0. The molecule has 2 aromatic carbocycles. The van der Waals surface area contributed by atoms with Crippen LogP contribution in [-0.4, -0.2) is 21.3 Å². The summed E-state index contributed by atoms with van der Waals surface area (Å²) in [5.41, 5.74) is 3.46. The predicted octanol–water partition coefficient (Wildman–Crippen LogP) is 3.78. The fourth-order valence-corrected chi connectivity index (χ4v) is 2.08. The van der Waals surface area contributed by atoms with Crippen molar-refractivity contribution in [3.8, 4) is 11.5 Å². The highest BCUT2D eigenvalue weighted by Gasteiger charge is 2.08. The Morgan fingerprint density at radius 3 is 1.95 bits per heavy atom. The maximum absolute atomic E-state index is 5.23. The number of rotatable bonds is 4. The lowest BCUT2D eigenvalue weighted by Crippen LogP contribution is -2.10. The van der Waals surface area contributed by atoms with Gasteiger partial charge in [-0.3, -0.25) is 0 Å². The summed E-state index contributed by atoms with van der Waals surface area (Å²) in [7, 11) is 5.41. The summed E-state index contributed by atoms with van der Waals surface area (Å²) in [6, 6.07) is 14.1. The molecule has 3 nitrogen and oxygen atoms in total. The van der Waals surface area contributed by atoms with Gasteiger partial charge in [0.2, 0.25) is 0 Å². The first-order chi connectivity index (χ1) is 9.15. The maximum atomic E-state index is 5.23. The minimum absolute atomic E-state index is 0.864. The Hall–Kier alpha value is -2.16. The fraction of sp³-hybridized carbons (Fsp3) is 0.250. The fourth-order valence-electron chi connectivity index (χ4n) is 2.08. The van der Waals surface area contributed by atoms with Crippen LogP contribution in [0.5, 0.6) is 11.5 Å². The van der Waals surface area contributed by atoms with Crippen molar-refractivity contribution in [2.24, 2.45) is 0 Å². The second-order valence-corrected chi connectivity index (χ2v) is 4.41. The molecule has 0 saturated carbocycles. The quantitative estimate of drug-likeness (QED) is 0.832. The Bertz CT molecular complexity index is 549. The van der Waals surface area contributed by atoms with Crippen LogP contribution >= 0.6 is 0 Å². The van der Waals surface area contributed by atoms with Crippen LogP contribution in [0.25, 0.3) is 0 Å². The van der Waals surface area contributed by atoms with E-state index in [9.17, 15) is 0 Å². The molecule has 0 aliphatic heterocycles. The molecule has 0 fully saturated rings. The van der Waals surface area contributed by atoms with Crippen molar-refractivity contribution in [1.29, 1.82) is 0 Å². The third kappa shape index (κ3) is 2.81. The van der Waals surface area contributed by atoms with Crippen LogP contribution < -0.4 is 14.4 Å². The molecule has 0 aliphatic rings. The third-order valence-electron chi connectivity index (χ3n) is 3.23. The zero-order chi connectivity index (χ0) is 13.8. The van der Waals surface area contributed by atoms with E-state index in [2.05, 4.69) is 24.9 Å². The number of ether oxygens (including phenoxy) is 2. The van der Waals surface area contributed by atoms with E-state index < -0.39 is 0 Å². The molecular weight excluding hydrogens is 238 g/mol. The van der Waals surface area contributed by atoms with Crippen molar-refractivity contribution < 1.29 is 9.47 Å². The zero-order valence-electron chi connectivity index (χ0n) is 11.8. The smallest absolute Gasteiger partial charge is 0.119 e. The van der Waals surface area contributed by atoms with Gasteiger partial charge in [0, 0.05) is 18.4 Å². The van der Waals surface area contributed by atoms with Crippen molar-refractivity contribution in [3.63, 3.8) is 0 Å². The Balaban J connectivity index is 2.29. The lowest BCUT2D eigenvalue weighted by molar-refractivity contribution is 0.414. The molecule has 0 N–H and O–H groups in total. The summed E-state index contributed by atoms with van der Waals surface area (Å²) in [5.74, 6) is 1.74. The van der Waals surface area contributed by atoms with Gasteiger partial charge in [0.25, 0.3) is 0 Å². The van der Waals surface area contributed by atoms with Gasteiger partial charge in [-0.05, 0) is 55.0 Å². The van der Waals surface area contributed by atoms with E-state index in [1.54, 1.807) is 14.2 Å². The Morgan fingerprint density at radius 2 is 1.42 bits per heavy atom. The van der Waals surface area contributed by atoms with Crippen LogP contribution in [0.1, 0.15) is 5.56 Å². The summed E-state index contributed by atoms with van der Waals surface area (Å²) in [5, 5.41) is 0. The molecule has 0 heterocycles. The van der Waals surface area contributed by atoms with Crippen LogP contribution in [0.3, 0.4) is 0 Å². The van der Waals surface area contributed by atoms with Crippen LogP contribution in [0.4, 0.5) is 11.4 Å². The van der Waals surface area contributed by atoms with E-state index in [4.69, 9.17) is 9.47 Å². The predicted molar refractivity (Wildman–Crippen MR) is 78.8 cm³/mol. The molecule has 2 rings (SSSR count). The van der Waals surface area contributed by atoms with Crippen LogP contribution in [-0.2, 0) is 0 Å². The number of methoxy groups -OCH3 is 2. The average Bonchev–Trinajstić information content (AvgIpc) is 2.46. The molecule has 0 atom stereocenters. The van der Waals surface area contributed by atoms with E-state index in [-0.39, 0.29) is 0 Å². The van der Waals surface area contributed by atoms with E-state index in [1.165, 1.54) is 5.56 Å². The van der Waals surface area contributed by atoms with Crippen LogP contribution in [0.15, 0.2) is 42.5 Å². The Kier molecular flexibility index (Phi) is 3.95. The first-order valence-corrected chi connectivity index (χ1v) is 6.18. The SMILES string of the molecule is COc1ccc(N(C)c2ccc(OC)cc2C)cc1. The third-order valence-corrected chi connectivity index (χ3v) is 3.23. The van der Waals surface area contributed by atoms with Gasteiger partial charge >= 0.3 is 0 Å². The summed E-state index contributed by atoms with van der Waals surface area (Å²) >= 11 is 0. The zero-order valence-corrected chi connectivity index (χ0v) is 11.8. The number of benzene rings is 2. The minimum Gasteiger partial charge on any atom is -0.497 e. The first-order valence-electron chi connectivity index (χ1n) is 6.18. The van der Waals surface area contributed by atoms with Gasteiger partial charge < -0.3 is 14.4 Å². The number of anilines is 2. The molecule has 0 radical (unpaired) electrons. The summed E-state index contributed by atoms with van der Waals surface area (Å²) in [6.45, 7) is 2.08. The molecule has 0 aliphatic carbocycles. The highest BCUT2D eigenvalue weighted by atomic mass is 16.5. The van der Waals surface area contributed by atoms with E-state index in [0.29, 0.717) is 0 Å². The molecule has 0 unspecified atom stereocenters. The van der Waals surface area contributed by atoms with E-state index in [0.717, 1.165) is 22.9 Å². The molecule has 0 spiro atoms. The second-order valence-electron chi connectivity index (χ2n) is 4.41. The highest BCUT2D eigenvalue weighted by Crippen LogP contribution is 2.30. The average molecular weight is 257 g/mol. The molecule has 0 amide bonds. The lowest BCUT2D eigenvalue weighted by atomic mass is 10.1. The van der Waals surface area contributed by atoms with E-state index in [1.807, 2.05) is 36.4 Å². The van der Waals surface area contributed by atoms with Crippen molar-refractivity contribution in [2.75, 3.05) is 26.2 Å². The van der Waals surface area contributed by atoms with Crippen molar-refractivity contribution in [1.82, 2.24) is 0 Å². The van der Waals surface area contributed by atoms with Gasteiger partial charge in [0.15, 0.2) is 0 Å². The standard InChI is InChI=1S/C16H19NO2/c1-12-11-15(19-4)9-10-16(12)17(2)13-5-7-14(18-3)8-6-13/h5-11H,1-4H3. The minimum atomic E-state index is 0.864. The molecule has 3 heteroatoms. The van der Waals surface area contributed by atoms with Crippen LogP contribution in [0, 0.1) is 6.92 Å². The van der Waals surface area contributed by atoms with E-state index >= 15 is 0 Å². The van der Waals surface area contributed by atoms with Crippen molar-refractivity contribution in [2.45, 2.75) is 6.92 Å². The Morgan fingerprint density at radius 1 is 0.842 bits per heavy atom. The maximum Gasteiger partial charge on any atom is 0.119 e. The highest BCUT2D eigenvalue weighted by molar-refractivity contribution is 5.67. The van der Waals surface area contributed by atoms with Crippen molar-refractivity contribution in [3.05, 3.63) is 48.0 Å². The lowest BCUT2D eigenvalue weighted by Gasteiger charge is -2.22. The monoisotopic (exact) mass is 257 g/mol. The van der Waals surface area contributed by atoms with Gasteiger partial charge in [-0.25, -0.2) is 0 Å². The number of hydrogen-bond acceptors (Lipinski definition) is 3.